The standard InChI is InChI=1S/C19H35N2/c1-5-7-8-9-13-16-19(20-6-2)21(3,4)17-18-14-11-10-12-15-18/h10-12,14-15,19-20H,5-9,13,16-17H2,1-4H3/q+1. The minimum absolute atomic E-state index is 0.553. The Hall–Kier alpha value is -0.860. The maximum absolute atomic E-state index is 3.71. The first kappa shape index (κ1) is 18.2. The summed E-state index contributed by atoms with van der Waals surface area (Å²) in [4.78, 5) is 0. The average Bonchev–Trinajstić information content (AvgIpc) is 2.46. The molecule has 1 rings (SSSR count). The summed E-state index contributed by atoms with van der Waals surface area (Å²) in [6.45, 7) is 6.64. The Morgan fingerprint density at radius 1 is 0.952 bits per heavy atom. The van der Waals surface area contributed by atoms with E-state index in [2.05, 4.69) is 63.6 Å². The van der Waals surface area contributed by atoms with Crippen LogP contribution in [-0.4, -0.2) is 31.3 Å². The van der Waals surface area contributed by atoms with Crippen molar-refractivity contribution in [1.82, 2.24) is 5.32 Å². The molecule has 0 aromatic heterocycles. The molecule has 0 heterocycles. The molecule has 0 radical (unpaired) electrons. The summed E-state index contributed by atoms with van der Waals surface area (Å²) in [5.41, 5.74) is 1.43. The van der Waals surface area contributed by atoms with E-state index >= 15 is 0 Å². The summed E-state index contributed by atoms with van der Waals surface area (Å²) in [7, 11) is 4.71. The lowest BCUT2D eigenvalue weighted by molar-refractivity contribution is -0.931. The van der Waals surface area contributed by atoms with Crippen molar-refractivity contribution >= 4 is 0 Å². The third-order valence-electron chi connectivity index (χ3n) is 4.30. The molecule has 0 amide bonds. The van der Waals surface area contributed by atoms with Gasteiger partial charge in [-0.05, 0) is 13.0 Å². The molecule has 120 valence electrons. The van der Waals surface area contributed by atoms with Gasteiger partial charge >= 0.3 is 0 Å². The lowest BCUT2D eigenvalue weighted by Crippen LogP contribution is -2.55. The Morgan fingerprint density at radius 2 is 1.62 bits per heavy atom. The molecule has 0 aliphatic heterocycles. The van der Waals surface area contributed by atoms with Gasteiger partial charge < -0.3 is 4.48 Å². The first-order valence-corrected chi connectivity index (χ1v) is 8.70. The molecule has 0 aliphatic carbocycles. The largest absolute Gasteiger partial charge is 0.310 e. The maximum Gasteiger partial charge on any atom is 0.142 e. The normalized spacial score (nSPS) is 13.3. The van der Waals surface area contributed by atoms with Crippen LogP contribution in [0, 0.1) is 0 Å². The molecule has 0 aliphatic rings. The van der Waals surface area contributed by atoms with E-state index in [0.717, 1.165) is 17.6 Å². The zero-order valence-corrected chi connectivity index (χ0v) is 14.6. The molecule has 1 atom stereocenters. The minimum Gasteiger partial charge on any atom is -0.310 e. The Bertz CT molecular complexity index is 359. The maximum atomic E-state index is 3.71. The summed E-state index contributed by atoms with van der Waals surface area (Å²) in [6, 6.07) is 10.9. The van der Waals surface area contributed by atoms with Crippen LogP contribution in [0.25, 0.3) is 0 Å². The van der Waals surface area contributed by atoms with Crippen molar-refractivity contribution < 1.29 is 4.48 Å². The van der Waals surface area contributed by atoms with Gasteiger partial charge in [0.1, 0.15) is 12.7 Å². The van der Waals surface area contributed by atoms with Crippen LogP contribution in [0.15, 0.2) is 30.3 Å². The quantitative estimate of drug-likeness (QED) is 0.358. The highest BCUT2D eigenvalue weighted by molar-refractivity contribution is 5.13. The fourth-order valence-corrected chi connectivity index (χ4v) is 3.04. The second-order valence-corrected chi connectivity index (χ2v) is 6.70. The predicted molar refractivity (Wildman–Crippen MR) is 93.1 cm³/mol. The van der Waals surface area contributed by atoms with Crippen molar-refractivity contribution in [1.29, 1.82) is 0 Å². The fraction of sp³-hybridized carbons (Fsp3) is 0.684. The number of nitrogens with one attached hydrogen (secondary N) is 1. The van der Waals surface area contributed by atoms with E-state index in [4.69, 9.17) is 0 Å². The third kappa shape index (κ3) is 7.10. The van der Waals surface area contributed by atoms with Gasteiger partial charge in [-0.15, -0.1) is 0 Å². The van der Waals surface area contributed by atoms with Gasteiger partial charge in [0.15, 0.2) is 0 Å². The van der Waals surface area contributed by atoms with Gasteiger partial charge in [-0.2, -0.15) is 0 Å². The number of rotatable bonds is 11. The van der Waals surface area contributed by atoms with E-state index in [0.29, 0.717) is 6.17 Å². The van der Waals surface area contributed by atoms with Crippen LogP contribution < -0.4 is 5.32 Å². The molecule has 1 aromatic carbocycles. The number of unbranched alkanes of at least 4 members (excludes halogenated alkanes) is 4. The monoisotopic (exact) mass is 291 g/mol. The summed E-state index contributed by atoms with van der Waals surface area (Å²) >= 11 is 0. The molecule has 0 saturated carbocycles. The molecule has 1 aromatic rings. The second kappa shape index (κ2) is 9.97. The van der Waals surface area contributed by atoms with Crippen LogP contribution in [0.2, 0.25) is 0 Å². The zero-order valence-electron chi connectivity index (χ0n) is 14.6. The lowest BCUT2D eigenvalue weighted by Gasteiger charge is -2.38. The van der Waals surface area contributed by atoms with Crippen LogP contribution in [0.5, 0.6) is 0 Å². The molecule has 21 heavy (non-hydrogen) atoms. The fourth-order valence-electron chi connectivity index (χ4n) is 3.04. The lowest BCUT2D eigenvalue weighted by atomic mass is 10.1. The van der Waals surface area contributed by atoms with Crippen molar-refractivity contribution in [3.63, 3.8) is 0 Å². The summed E-state index contributed by atoms with van der Waals surface area (Å²) in [5.74, 6) is 0. The van der Waals surface area contributed by atoms with E-state index in [1.54, 1.807) is 0 Å². The van der Waals surface area contributed by atoms with E-state index in [-0.39, 0.29) is 0 Å². The molecule has 0 spiro atoms. The molecular weight excluding hydrogens is 256 g/mol. The Balaban J connectivity index is 2.51. The predicted octanol–water partition coefficient (Wildman–Crippen LogP) is 4.56. The van der Waals surface area contributed by atoms with Crippen LogP contribution in [0.4, 0.5) is 0 Å². The molecular formula is C19H35N2+. The summed E-state index contributed by atoms with van der Waals surface area (Å²) < 4.78 is 1.02. The topological polar surface area (TPSA) is 12.0 Å². The second-order valence-electron chi connectivity index (χ2n) is 6.70. The number of hydrogen-bond acceptors (Lipinski definition) is 1. The average molecular weight is 292 g/mol. The molecule has 1 unspecified atom stereocenters. The van der Waals surface area contributed by atoms with E-state index < -0.39 is 0 Å². The molecule has 2 nitrogen and oxygen atoms in total. The molecule has 0 fully saturated rings. The zero-order chi connectivity index (χ0) is 15.6. The molecule has 0 bridgehead atoms. The van der Waals surface area contributed by atoms with Gasteiger partial charge in [0, 0.05) is 12.0 Å². The van der Waals surface area contributed by atoms with Gasteiger partial charge in [-0.1, -0.05) is 69.9 Å². The minimum atomic E-state index is 0.553. The van der Waals surface area contributed by atoms with Crippen molar-refractivity contribution in [2.24, 2.45) is 0 Å². The Labute approximate surface area is 132 Å². The van der Waals surface area contributed by atoms with Gasteiger partial charge in [0.2, 0.25) is 0 Å². The van der Waals surface area contributed by atoms with Gasteiger partial charge in [0.25, 0.3) is 0 Å². The van der Waals surface area contributed by atoms with Crippen LogP contribution in [0.3, 0.4) is 0 Å². The number of quaternary nitrogens is 1. The smallest absolute Gasteiger partial charge is 0.142 e. The van der Waals surface area contributed by atoms with E-state index in [9.17, 15) is 0 Å². The van der Waals surface area contributed by atoms with Crippen molar-refractivity contribution in [3.05, 3.63) is 35.9 Å². The first-order chi connectivity index (χ1) is 10.1. The van der Waals surface area contributed by atoms with Gasteiger partial charge in [-0.25, -0.2) is 0 Å². The summed E-state index contributed by atoms with van der Waals surface area (Å²) in [5, 5.41) is 3.71. The SMILES string of the molecule is CCCCCCCC(NCC)[N+](C)(C)Cc1ccccc1. The van der Waals surface area contributed by atoms with Crippen LogP contribution >= 0.6 is 0 Å². The van der Waals surface area contributed by atoms with Crippen molar-refractivity contribution in [2.45, 2.75) is 65.1 Å². The highest BCUT2D eigenvalue weighted by Crippen LogP contribution is 2.17. The third-order valence-corrected chi connectivity index (χ3v) is 4.30. The van der Waals surface area contributed by atoms with E-state index in [1.807, 2.05) is 0 Å². The van der Waals surface area contributed by atoms with Crippen molar-refractivity contribution in [2.75, 3.05) is 20.6 Å². The highest BCUT2D eigenvalue weighted by atomic mass is 15.4. The highest BCUT2D eigenvalue weighted by Gasteiger charge is 2.27. The molecule has 2 heteroatoms. The Kier molecular flexibility index (Phi) is 8.63. The number of nitrogens with zero attached hydrogens (tertiary/aromatic N) is 1. The van der Waals surface area contributed by atoms with Gasteiger partial charge in [-0.3, -0.25) is 5.32 Å². The number of benzene rings is 1. The number of hydrogen-bond donors (Lipinski definition) is 1. The van der Waals surface area contributed by atoms with Gasteiger partial charge in [0.05, 0.1) is 14.1 Å². The molecule has 1 N–H and O–H groups in total. The first-order valence-electron chi connectivity index (χ1n) is 8.70. The van der Waals surface area contributed by atoms with Crippen LogP contribution in [-0.2, 0) is 6.54 Å². The molecule has 0 saturated heterocycles. The van der Waals surface area contributed by atoms with Crippen molar-refractivity contribution in [3.8, 4) is 0 Å². The van der Waals surface area contributed by atoms with Crippen LogP contribution in [0.1, 0.15) is 57.9 Å². The Morgan fingerprint density at radius 3 is 2.24 bits per heavy atom. The summed E-state index contributed by atoms with van der Waals surface area (Å²) in [6.07, 6.45) is 8.64. The van der Waals surface area contributed by atoms with E-state index in [1.165, 1.54) is 44.1 Å².